The highest BCUT2D eigenvalue weighted by Crippen LogP contribution is 2.23. The van der Waals surface area contributed by atoms with Crippen molar-refractivity contribution in [3.05, 3.63) is 75.8 Å². The maximum absolute atomic E-state index is 13.0. The van der Waals surface area contributed by atoms with Gasteiger partial charge in [0.05, 0.1) is 33.9 Å². The van der Waals surface area contributed by atoms with E-state index in [2.05, 4.69) is 15.6 Å². The van der Waals surface area contributed by atoms with Gasteiger partial charge in [-0.05, 0) is 43.3 Å². The lowest BCUT2D eigenvalue weighted by Gasteiger charge is -2.03. The number of benzene rings is 2. The van der Waals surface area contributed by atoms with Crippen LogP contribution in [-0.2, 0) is 0 Å². The van der Waals surface area contributed by atoms with E-state index in [1.807, 2.05) is 25.1 Å². The first kappa shape index (κ1) is 16.5. The molecule has 0 unspecified atom stereocenters. The van der Waals surface area contributed by atoms with Gasteiger partial charge >= 0.3 is 0 Å². The first-order valence-corrected chi connectivity index (χ1v) is 7.86. The van der Waals surface area contributed by atoms with Crippen LogP contribution in [0.1, 0.15) is 11.3 Å². The number of anilines is 1. The summed E-state index contributed by atoms with van der Waals surface area (Å²) in [5.74, 6) is -0.315. The van der Waals surface area contributed by atoms with E-state index in [1.165, 1.54) is 16.8 Å². The minimum absolute atomic E-state index is 0.315. The van der Waals surface area contributed by atoms with Crippen LogP contribution in [0.4, 0.5) is 10.1 Å². The monoisotopic (exact) mass is 362 g/mol. The number of hydrazone groups is 1. The third-order valence-corrected chi connectivity index (χ3v) is 4.06. The quantitative estimate of drug-likeness (QED) is 0.519. The van der Waals surface area contributed by atoms with Gasteiger partial charge in [-0.25, -0.2) is 9.07 Å². The first-order chi connectivity index (χ1) is 11.6. The second kappa shape index (κ2) is 7.03. The van der Waals surface area contributed by atoms with Gasteiger partial charge < -0.3 is 0 Å². The number of aryl methyl sites for hydroxylation is 1. The molecule has 2 aromatic carbocycles. The van der Waals surface area contributed by atoms with E-state index < -0.39 is 0 Å². The fraction of sp³-hybridized carbons (Fsp3) is 0.0588. The van der Waals surface area contributed by atoms with Crippen LogP contribution >= 0.6 is 23.2 Å². The molecule has 0 amide bonds. The summed E-state index contributed by atoms with van der Waals surface area (Å²) in [4.78, 5) is 0. The first-order valence-electron chi connectivity index (χ1n) is 7.11. The van der Waals surface area contributed by atoms with Gasteiger partial charge in [-0.3, -0.25) is 5.43 Å². The van der Waals surface area contributed by atoms with E-state index in [0.717, 1.165) is 0 Å². The Hall–Kier alpha value is -2.37. The number of nitrogens with one attached hydrogen (secondary N) is 1. The van der Waals surface area contributed by atoms with Gasteiger partial charge in [-0.2, -0.15) is 10.2 Å². The Morgan fingerprint density at radius 3 is 2.54 bits per heavy atom. The van der Waals surface area contributed by atoms with E-state index in [0.29, 0.717) is 32.8 Å². The second-order valence-corrected chi connectivity index (χ2v) is 5.79. The number of aromatic nitrogens is 2. The summed E-state index contributed by atoms with van der Waals surface area (Å²) in [6, 6.07) is 13.2. The highest BCUT2D eigenvalue weighted by Gasteiger charge is 2.13. The van der Waals surface area contributed by atoms with Crippen LogP contribution in [0.15, 0.2) is 53.6 Å². The van der Waals surface area contributed by atoms with Crippen LogP contribution in [0, 0.1) is 12.7 Å². The molecule has 4 nitrogen and oxygen atoms in total. The van der Waals surface area contributed by atoms with Gasteiger partial charge in [0.1, 0.15) is 11.0 Å². The molecular formula is C17H13Cl2FN4. The average Bonchev–Trinajstić information content (AvgIpc) is 2.85. The number of hydrogen-bond acceptors (Lipinski definition) is 3. The van der Waals surface area contributed by atoms with Crippen molar-refractivity contribution < 1.29 is 4.39 Å². The van der Waals surface area contributed by atoms with Crippen molar-refractivity contribution in [2.45, 2.75) is 6.92 Å². The van der Waals surface area contributed by atoms with E-state index in [1.54, 1.807) is 24.4 Å². The maximum atomic E-state index is 13.0. The second-order valence-electron chi connectivity index (χ2n) is 5.03. The Balaban J connectivity index is 1.85. The average molecular weight is 363 g/mol. The van der Waals surface area contributed by atoms with Crippen LogP contribution in [0.3, 0.4) is 0 Å². The molecule has 3 aromatic rings. The summed E-state index contributed by atoms with van der Waals surface area (Å²) in [5, 5.41) is 9.49. The molecule has 0 fully saturated rings. The van der Waals surface area contributed by atoms with E-state index in [-0.39, 0.29) is 5.82 Å². The molecule has 1 aromatic heterocycles. The molecule has 0 saturated heterocycles. The van der Waals surface area contributed by atoms with Crippen LogP contribution in [0.2, 0.25) is 10.2 Å². The topological polar surface area (TPSA) is 42.2 Å². The molecule has 3 rings (SSSR count). The Kier molecular flexibility index (Phi) is 4.83. The van der Waals surface area contributed by atoms with Gasteiger partial charge in [-0.15, -0.1) is 0 Å². The van der Waals surface area contributed by atoms with Gasteiger partial charge in [0.2, 0.25) is 0 Å². The minimum atomic E-state index is -0.315. The lowest BCUT2D eigenvalue weighted by molar-refractivity contribution is 0.627. The molecule has 24 heavy (non-hydrogen) atoms. The Labute approximate surface area is 148 Å². The number of hydrogen-bond donors (Lipinski definition) is 1. The predicted molar refractivity (Wildman–Crippen MR) is 95.9 cm³/mol. The summed E-state index contributed by atoms with van der Waals surface area (Å²) in [5.41, 5.74) is 5.59. The molecule has 1 heterocycles. The third-order valence-electron chi connectivity index (χ3n) is 3.37. The van der Waals surface area contributed by atoms with E-state index in [9.17, 15) is 4.39 Å². The fourth-order valence-electron chi connectivity index (χ4n) is 2.13. The van der Waals surface area contributed by atoms with Crippen molar-refractivity contribution in [3.63, 3.8) is 0 Å². The molecule has 0 saturated carbocycles. The molecule has 0 bridgehead atoms. The Morgan fingerprint density at radius 1 is 1.12 bits per heavy atom. The molecule has 0 aliphatic carbocycles. The van der Waals surface area contributed by atoms with Gasteiger partial charge in [0, 0.05) is 0 Å². The normalized spacial score (nSPS) is 11.2. The van der Waals surface area contributed by atoms with Crippen LogP contribution < -0.4 is 5.43 Å². The van der Waals surface area contributed by atoms with E-state index >= 15 is 0 Å². The largest absolute Gasteiger partial charge is 0.277 e. The third kappa shape index (κ3) is 3.42. The van der Waals surface area contributed by atoms with Crippen molar-refractivity contribution in [3.8, 4) is 5.69 Å². The zero-order valence-electron chi connectivity index (χ0n) is 12.7. The molecule has 0 aliphatic heterocycles. The van der Waals surface area contributed by atoms with Crippen LogP contribution in [-0.4, -0.2) is 16.0 Å². The van der Waals surface area contributed by atoms with Gasteiger partial charge in [0.25, 0.3) is 0 Å². The van der Waals surface area contributed by atoms with Crippen molar-refractivity contribution in [2.75, 3.05) is 5.43 Å². The van der Waals surface area contributed by atoms with Crippen LogP contribution in [0.5, 0.6) is 0 Å². The van der Waals surface area contributed by atoms with Gasteiger partial charge in [0.15, 0.2) is 0 Å². The smallest absolute Gasteiger partial charge is 0.142 e. The Morgan fingerprint density at radius 2 is 1.83 bits per heavy atom. The van der Waals surface area contributed by atoms with Crippen molar-refractivity contribution in [2.24, 2.45) is 5.10 Å². The highest BCUT2D eigenvalue weighted by molar-refractivity contribution is 6.33. The van der Waals surface area contributed by atoms with Crippen molar-refractivity contribution in [1.82, 2.24) is 9.78 Å². The summed E-state index contributed by atoms with van der Waals surface area (Å²) in [6.07, 6.45) is 1.58. The zero-order chi connectivity index (χ0) is 17.1. The summed E-state index contributed by atoms with van der Waals surface area (Å²) >= 11 is 12.4. The number of para-hydroxylation sites is 1. The van der Waals surface area contributed by atoms with Gasteiger partial charge in [-0.1, -0.05) is 35.3 Å². The van der Waals surface area contributed by atoms with Crippen molar-refractivity contribution in [1.29, 1.82) is 0 Å². The molecule has 1 N–H and O–H groups in total. The number of nitrogens with zero attached hydrogens (tertiary/aromatic N) is 3. The molecule has 0 aliphatic rings. The number of rotatable bonds is 4. The van der Waals surface area contributed by atoms with E-state index in [4.69, 9.17) is 23.2 Å². The zero-order valence-corrected chi connectivity index (χ0v) is 14.2. The molecule has 0 atom stereocenters. The standard InChI is InChI=1S/C17H13Cl2FN4/c1-11-14(10-21-22-16-5-3-2-4-15(16)18)17(19)24(23-11)13-8-6-12(20)7-9-13/h2-10,22H,1H3/b21-10-. The minimum Gasteiger partial charge on any atom is -0.277 e. The number of halogens is 3. The van der Waals surface area contributed by atoms with Crippen molar-refractivity contribution >= 4 is 35.1 Å². The predicted octanol–water partition coefficient (Wildman–Crippen LogP) is 5.07. The molecule has 122 valence electrons. The summed E-state index contributed by atoms with van der Waals surface area (Å²) in [6.45, 7) is 1.82. The molecule has 7 heteroatoms. The SMILES string of the molecule is Cc1nn(-c2ccc(F)cc2)c(Cl)c1/C=N\Nc1ccccc1Cl. The molecular weight excluding hydrogens is 350 g/mol. The summed E-state index contributed by atoms with van der Waals surface area (Å²) < 4.78 is 14.6. The lowest BCUT2D eigenvalue weighted by Crippen LogP contribution is -1.97. The fourth-order valence-corrected chi connectivity index (χ4v) is 2.63. The highest BCUT2D eigenvalue weighted by atomic mass is 35.5. The summed E-state index contributed by atoms with van der Waals surface area (Å²) in [7, 11) is 0. The molecule has 0 spiro atoms. The maximum Gasteiger partial charge on any atom is 0.142 e. The Bertz CT molecular complexity index is 888. The molecule has 0 radical (unpaired) electrons. The lowest BCUT2D eigenvalue weighted by atomic mass is 10.3. The van der Waals surface area contributed by atoms with Crippen LogP contribution in [0.25, 0.3) is 5.69 Å².